The van der Waals surface area contributed by atoms with Crippen molar-refractivity contribution in [1.29, 1.82) is 0 Å². The molecule has 0 fully saturated rings. The number of methoxy groups -OCH3 is 1. The lowest BCUT2D eigenvalue weighted by Gasteiger charge is -2.23. The summed E-state index contributed by atoms with van der Waals surface area (Å²) in [6.45, 7) is 5.65. The average Bonchev–Trinajstić information content (AvgIpc) is 2.81. The second kappa shape index (κ2) is 10.7. The van der Waals surface area contributed by atoms with Crippen LogP contribution in [0.1, 0.15) is 37.9 Å². The van der Waals surface area contributed by atoms with Crippen molar-refractivity contribution in [3.05, 3.63) is 90.0 Å². The Morgan fingerprint density at radius 1 is 0.879 bits per heavy atom. The molecule has 0 spiro atoms. The summed E-state index contributed by atoms with van der Waals surface area (Å²) in [7, 11) is 1.27. The number of rotatable bonds is 7. The molecule has 3 aromatic carbocycles. The molecular weight excluding hydrogens is 418 g/mol. The summed E-state index contributed by atoms with van der Waals surface area (Å²) in [5.74, 6) is 0.0528. The number of nitrogens with one attached hydrogen (secondary N) is 1. The molecule has 0 aliphatic carbocycles. The SMILES string of the molecule is COC(=O)C(NC(=O)OC(C)(C)C)c1ccc(OCc2cccc(-c3ccccc3)c2)cc1. The van der Waals surface area contributed by atoms with Crippen molar-refractivity contribution in [1.82, 2.24) is 5.32 Å². The van der Waals surface area contributed by atoms with Crippen LogP contribution in [-0.4, -0.2) is 24.8 Å². The molecule has 1 atom stereocenters. The average molecular weight is 448 g/mol. The number of carbonyl (C=O) groups is 2. The number of benzene rings is 3. The minimum atomic E-state index is -0.985. The normalized spacial score (nSPS) is 11.9. The first-order chi connectivity index (χ1) is 15.7. The fraction of sp³-hybridized carbons (Fsp3) is 0.259. The summed E-state index contributed by atoms with van der Waals surface area (Å²) < 4.78 is 16.0. The van der Waals surface area contributed by atoms with Crippen molar-refractivity contribution < 1.29 is 23.8 Å². The Kier molecular flexibility index (Phi) is 7.72. The van der Waals surface area contributed by atoms with Crippen LogP contribution in [0.5, 0.6) is 5.75 Å². The van der Waals surface area contributed by atoms with Gasteiger partial charge in [0.25, 0.3) is 0 Å². The van der Waals surface area contributed by atoms with Gasteiger partial charge in [0.2, 0.25) is 0 Å². The number of carbonyl (C=O) groups excluding carboxylic acids is 2. The molecule has 0 radical (unpaired) electrons. The molecule has 0 aliphatic heterocycles. The molecule has 1 amide bonds. The molecule has 0 heterocycles. The fourth-order valence-electron chi connectivity index (χ4n) is 3.22. The monoisotopic (exact) mass is 447 g/mol. The van der Waals surface area contributed by atoms with Gasteiger partial charge >= 0.3 is 12.1 Å². The predicted molar refractivity (Wildman–Crippen MR) is 127 cm³/mol. The van der Waals surface area contributed by atoms with E-state index in [1.165, 1.54) is 7.11 Å². The lowest BCUT2D eigenvalue weighted by Crippen LogP contribution is -2.38. The second-order valence-electron chi connectivity index (χ2n) is 8.53. The molecule has 6 nitrogen and oxygen atoms in total. The van der Waals surface area contributed by atoms with Gasteiger partial charge in [0.05, 0.1) is 7.11 Å². The molecular formula is C27H29NO5. The van der Waals surface area contributed by atoms with Gasteiger partial charge < -0.3 is 19.5 Å². The van der Waals surface area contributed by atoms with Crippen molar-refractivity contribution in [3.63, 3.8) is 0 Å². The van der Waals surface area contributed by atoms with Crippen LogP contribution >= 0.6 is 0 Å². The van der Waals surface area contributed by atoms with Gasteiger partial charge in [-0.3, -0.25) is 0 Å². The zero-order valence-corrected chi connectivity index (χ0v) is 19.3. The predicted octanol–water partition coefficient (Wildman–Crippen LogP) is 5.67. The van der Waals surface area contributed by atoms with Crippen LogP contribution in [0.15, 0.2) is 78.9 Å². The smallest absolute Gasteiger partial charge is 0.408 e. The first-order valence-electron chi connectivity index (χ1n) is 10.7. The van der Waals surface area contributed by atoms with Gasteiger partial charge in [-0.05, 0) is 61.2 Å². The summed E-state index contributed by atoms with van der Waals surface area (Å²) in [5, 5.41) is 2.56. The summed E-state index contributed by atoms with van der Waals surface area (Å²) in [5.41, 5.74) is 3.20. The van der Waals surface area contributed by atoms with Crippen LogP contribution in [0.4, 0.5) is 4.79 Å². The van der Waals surface area contributed by atoms with Gasteiger partial charge in [-0.25, -0.2) is 9.59 Å². The molecule has 0 bridgehead atoms. The zero-order valence-electron chi connectivity index (χ0n) is 19.3. The highest BCUT2D eigenvalue weighted by Crippen LogP contribution is 2.23. The molecule has 1 unspecified atom stereocenters. The molecule has 172 valence electrons. The number of amides is 1. The quantitative estimate of drug-likeness (QED) is 0.472. The third kappa shape index (κ3) is 7.10. The van der Waals surface area contributed by atoms with Crippen molar-refractivity contribution in [2.75, 3.05) is 7.11 Å². The van der Waals surface area contributed by atoms with Crippen molar-refractivity contribution >= 4 is 12.1 Å². The summed E-state index contributed by atoms with van der Waals surface area (Å²) >= 11 is 0. The van der Waals surface area contributed by atoms with Crippen molar-refractivity contribution in [2.24, 2.45) is 0 Å². The topological polar surface area (TPSA) is 73.9 Å². The Labute approximate surface area is 194 Å². The lowest BCUT2D eigenvalue weighted by molar-refractivity contribution is -0.143. The number of hydrogen-bond donors (Lipinski definition) is 1. The van der Waals surface area contributed by atoms with E-state index in [1.54, 1.807) is 45.0 Å². The Morgan fingerprint density at radius 2 is 1.55 bits per heavy atom. The van der Waals surface area contributed by atoms with E-state index in [4.69, 9.17) is 14.2 Å². The number of alkyl carbamates (subject to hydrolysis) is 1. The van der Waals surface area contributed by atoms with E-state index in [1.807, 2.05) is 30.3 Å². The van der Waals surface area contributed by atoms with Gasteiger partial charge in [-0.15, -0.1) is 0 Å². The third-order valence-corrected chi connectivity index (χ3v) is 4.75. The molecule has 0 saturated heterocycles. The third-order valence-electron chi connectivity index (χ3n) is 4.75. The Balaban J connectivity index is 1.66. The Morgan fingerprint density at radius 3 is 2.18 bits per heavy atom. The van der Waals surface area contributed by atoms with E-state index in [2.05, 4.69) is 29.6 Å². The van der Waals surface area contributed by atoms with E-state index in [-0.39, 0.29) is 0 Å². The minimum Gasteiger partial charge on any atom is -0.489 e. The van der Waals surface area contributed by atoms with Gasteiger partial charge in [0, 0.05) is 0 Å². The summed E-state index contributed by atoms with van der Waals surface area (Å²) in [6.07, 6.45) is -0.698. The highest BCUT2D eigenvalue weighted by Gasteiger charge is 2.26. The summed E-state index contributed by atoms with van der Waals surface area (Å²) in [4.78, 5) is 24.4. The van der Waals surface area contributed by atoms with Gasteiger partial charge in [-0.2, -0.15) is 0 Å². The van der Waals surface area contributed by atoms with Crippen LogP contribution in [0.2, 0.25) is 0 Å². The second-order valence-corrected chi connectivity index (χ2v) is 8.53. The maximum Gasteiger partial charge on any atom is 0.408 e. The first-order valence-corrected chi connectivity index (χ1v) is 10.7. The number of esters is 1. The van der Waals surface area contributed by atoms with Gasteiger partial charge in [0.1, 0.15) is 18.0 Å². The van der Waals surface area contributed by atoms with Crippen LogP contribution in [0, 0.1) is 0 Å². The van der Waals surface area contributed by atoms with Crippen LogP contribution in [-0.2, 0) is 20.9 Å². The van der Waals surface area contributed by atoms with Gasteiger partial charge in [0.15, 0.2) is 6.04 Å². The molecule has 3 rings (SSSR count). The van der Waals surface area contributed by atoms with Crippen molar-refractivity contribution in [2.45, 2.75) is 39.0 Å². The maximum atomic E-state index is 12.2. The molecule has 0 saturated carbocycles. The highest BCUT2D eigenvalue weighted by molar-refractivity contribution is 5.82. The maximum absolute atomic E-state index is 12.2. The van der Waals surface area contributed by atoms with Gasteiger partial charge in [-0.1, -0.05) is 60.7 Å². The minimum absolute atomic E-state index is 0.399. The highest BCUT2D eigenvalue weighted by atomic mass is 16.6. The van der Waals surface area contributed by atoms with E-state index in [0.29, 0.717) is 17.9 Å². The first kappa shape index (κ1) is 23.9. The van der Waals surface area contributed by atoms with E-state index in [0.717, 1.165) is 16.7 Å². The molecule has 3 aromatic rings. The number of hydrogen-bond acceptors (Lipinski definition) is 5. The Bertz CT molecular complexity index is 1070. The molecule has 0 aliphatic rings. The summed E-state index contributed by atoms with van der Waals surface area (Å²) in [6, 6.07) is 24.3. The molecule has 1 N–H and O–H groups in total. The van der Waals surface area contributed by atoms with E-state index >= 15 is 0 Å². The van der Waals surface area contributed by atoms with Crippen LogP contribution in [0.3, 0.4) is 0 Å². The largest absolute Gasteiger partial charge is 0.489 e. The zero-order chi connectivity index (χ0) is 23.8. The molecule has 0 aromatic heterocycles. The Hall–Kier alpha value is -3.80. The standard InChI is InChI=1S/C27H29NO5/c1-27(2,3)33-26(30)28-24(25(29)31-4)21-13-15-23(16-14-21)32-18-19-9-8-12-22(17-19)20-10-6-5-7-11-20/h5-17,24H,18H2,1-4H3,(H,28,30). The fourth-order valence-corrected chi connectivity index (χ4v) is 3.22. The van der Waals surface area contributed by atoms with Crippen molar-refractivity contribution in [3.8, 4) is 16.9 Å². The van der Waals surface area contributed by atoms with Crippen LogP contribution in [0.25, 0.3) is 11.1 Å². The molecule has 6 heteroatoms. The number of ether oxygens (including phenoxy) is 3. The molecule has 33 heavy (non-hydrogen) atoms. The van der Waals surface area contributed by atoms with E-state index < -0.39 is 23.7 Å². The lowest BCUT2D eigenvalue weighted by atomic mass is 10.0. The van der Waals surface area contributed by atoms with E-state index in [9.17, 15) is 9.59 Å². The van der Waals surface area contributed by atoms with Crippen LogP contribution < -0.4 is 10.1 Å².